The number of rotatable bonds is 8. The Morgan fingerprint density at radius 1 is 0.408 bits per heavy atom. The molecule has 2 atom stereocenters. The summed E-state index contributed by atoms with van der Waals surface area (Å²) in [6.07, 6.45) is 0. The fraction of sp³-hybridized carbons (Fsp3) is 0.178. The maximum absolute atomic E-state index is 4.20. The second kappa shape index (κ2) is 16.2. The topological polar surface area (TPSA) is 6.48 Å². The van der Waals surface area contributed by atoms with Crippen molar-refractivity contribution in [1.29, 1.82) is 0 Å². The molecule has 0 bridgehead atoms. The quantitative estimate of drug-likeness (QED) is 0.115. The summed E-state index contributed by atoms with van der Waals surface area (Å²) >= 11 is 3.66. The van der Waals surface area contributed by atoms with E-state index < -0.39 is 0 Å². The van der Waals surface area contributed by atoms with Gasteiger partial charge in [0, 0.05) is 24.2 Å². The van der Waals surface area contributed by atoms with E-state index in [1.165, 1.54) is 55.6 Å². The van der Waals surface area contributed by atoms with Crippen molar-refractivity contribution < 1.29 is 15.1 Å². The molecule has 0 N–H and O–H groups in total. The van der Waals surface area contributed by atoms with Crippen LogP contribution >= 0.6 is 10.1 Å². The van der Waals surface area contributed by atoms with Gasteiger partial charge in [-0.2, -0.15) is 0 Å². The van der Waals surface area contributed by atoms with E-state index in [2.05, 4.69) is 227 Å². The summed E-state index contributed by atoms with van der Waals surface area (Å²) in [6, 6.07) is 58.1. The Kier molecular flexibility index (Phi) is 11.5. The van der Waals surface area contributed by atoms with Gasteiger partial charge in [-0.05, 0) is 83.3 Å². The monoisotopic (exact) mass is 709 g/mol. The second-order valence-corrected chi connectivity index (χ2v) is 13.0. The molecule has 1 aliphatic heterocycles. The van der Waals surface area contributed by atoms with Crippen LogP contribution in [0.3, 0.4) is 0 Å². The Morgan fingerprint density at radius 2 is 0.653 bits per heavy atom. The normalized spacial score (nSPS) is 16.5. The molecule has 1 aliphatic rings. The summed E-state index contributed by atoms with van der Waals surface area (Å²) in [4.78, 5) is 5.34. The van der Waals surface area contributed by atoms with Crippen molar-refractivity contribution in [2.24, 2.45) is 0 Å². The third-order valence-electron chi connectivity index (χ3n) is 10.0. The molecular formula is C45H43ClCuN2. The Morgan fingerprint density at radius 3 is 0.918 bits per heavy atom. The minimum absolute atomic E-state index is 0.00760. The van der Waals surface area contributed by atoms with Gasteiger partial charge < -0.3 is 9.80 Å². The fourth-order valence-electron chi connectivity index (χ4n) is 7.64. The first-order valence-corrected chi connectivity index (χ1v) is 18.2. The zero-order chi connectivity index (χ0) is 34.3. The summed E-state index contributed by atoms with van der Waals surface area (Å²) in [7, 11) is 4.20. The van der Waals surface area contributed by atoms with Crippen LogP contribution in [-0.4, -0.2) is 9.80 Å². The SMILES string of the molecule is Cc1ccccc1C(c1ccccc1C)N1[CH-]N(C(c2ccccc2C)c2ccccc2C)[C@H](c2ccccc2)[C@H]1c1ccccc1.[Cl][Cu+]. The van der Waals surface area contributed by atoms with Crippen LogP contribution in [0.25, 0.3) is 0 Å². The van der Waals surface area contributed by atoms with Crippen LogP contribution in [0.15, 0.2) is 158 Å². The van der Waals surface area contributed by atoms with Gasteiger partial charge in [-0.25, -0.2) is 6.67 Å². The molecule has 0 unspecified atom stereocenters. The van der Waals surface area contributed by atoms with Gasteiger partial charge >= 0.3 is 25.2 Å². The standard InChI is InChI=1S/C45H43N2.ClH.Cu/c1-32-19-11-15-27-38(32)44(39-28-16-12-20-33(39)2)46-31-47(43(37-25-9-6-10-26-37)42(46)36-23-7-5-8-24-36)45(40-29-17-13-21-34(40)3)41-30-18-14-22-35(41)4;;/h5-31,42-45H,1-4H3;1H;/q-1;;+2/p-1/t42-,43-;;/m1../s1. The van der Waals surface area contributed by atoms with Crippen LogP contribution in [0.1, 0.15) is 79.8 Å². The summed E-state index contributed by atoms with van der Waals surface area (Å²) < 4.78 is 0. The number of hydrogen-bond acceptors (Lipinski definition) is 2. The molecular weight excluding hydrogens is 668 g/mol. The average Bonchev–Trinajstić information content (AvgIpc) is 3.53. The molecule has 4 heteroatoms. The molecule has 0 saturated carbocycles. The molecule has 0 spiro atoms. The van der Waals surface area contributed by atoms with Crippen molar-refractivity contribution in [2.45, 2.75) is 51.9 Å². The van der Waals surface area contributed by atoms with Crippen LogP contribution in [0, 0.1) is 34.4 Å². The average molecular weight is 711 g/mol. The van der Waals surface area contributed by atoms with Crippen molar-refractivity contribution in [3.63, 3.8) is 0 Å². The van der Waals surface area contributed by atoms with Crippen LogP contribution in [0.5, 0.6) is 0 Å². The van der Waals surface area contributed by atoms with Crippen LogP contribution < -0.4 is 0 Å². The van der Waals surface area contributed by atoms with Crippen molar-refractivity contribution in [3.05, 3.63) is 220 Å². The molecule has 1 heterocycles. The van der Waals surface area contributed by atoms with Gasteiger partial charge in [0.05, 0.1) is 0 Å². The third kappa shape index (κ3) is 7.19. The molecule has 0 radical (unpaired) electrons. The van der Waals surface area contributed by atoms with E-state index >= 15 is 0 Å². The molecule has 49 heavy (non-hydrogen) atoms. The predicted octanol–water partition coefficient (Wildman–Crippen LogP) is 11.7. The first kappa shape index (κ1) is 34.9. The molecule has 1 saturated heterocycles. The minimum atomic E-state index is 0.00760. The van der Waals surface area contributed by atoms with E-state index in [0.717, 1.165) is 0 Å². The van der Waals surface area contributed by atoms with Crippen molar-refractivity contribution in [1.82, 2.24) is 9.80 Å². The van der Waals surface area contributed by atoms with Crippen LogP contribution in [0.2, 0.25) is 0 Å². The molecule has 0 aliphatic carbocycles. The first-order chi connectivity index (χ1) is 24.0. The fourth-order valence-corrected chi connectivity index (χ4v) is 7.64. The van der Waals surface area contributed by atoms with Gasteiger partial charge in [-0.15, -0.1) is 0 Å². The van der Waals surface area contributed by atoms with E-state index in [4.69, 9.17) is 0 Å². The second-order valence-electron chi connectivity index (χ2n) is 13.0. The van der Waals surface area contributed by atoms with E-state index in [-0.39, 0.29) is 24.2 Å². The molecule has 0 amide bonds. The van der Waals surface area contributed by atoms with Gasteiger partial charge in [0.15, 0.2) is 0 Å². The maximum atomic E-state index is 4.20. The molecule has 0 aromatic heterocycles. The van der Waals surface area contributed by atoms with Crippen molar-refractivity contribution >= 4 is 10.1 Å². The molecule has 6 aromatic carbocycles. The van der Waals surface area contributed by atoms with E-state index in [9.17, 15) is 0 Å². The van der Waals surface area contributed by atoms with E-state index in [0.29, 0.717) is 0 Å². The van der Waals surface area contributed by atoms with Crippen LogP contribution in [0.4, 0.5) is 0 Å². The Bertz CT molecular complexity index is 1730. The van der Waals surface area contributed by atoms with Gasteiger partial charge in [0.2, 0.25) is 0 Å². The summed E-state index contributed by atoms with van der Waals surface area (Å²) in [5.41, 5.74) is 13.1. The zero-order valence-electron chi connectivity index (χ0n) is 28.5. The van der Waals surface area contributed by atoms with Crippen LogP contribution in [-0.2, 0) is 15.1 Å². The molecule has 6 aromatic rings. The summed E-state index contributed by atoms with van der Waals surface area (Å²) in [5, 5.41) is 0. The Balaban J connectivity index is 0.00000205. The first-order valence-electron chi connectivity index (χ1n) is 16.9. The predicted molar refractivity (Wildman–Crippen MR) is 201 cm³/mol. The summed E-state index contributed by atoms with van der Waals surface area (Å²) in [6.45, 7) is 11.5. The molecule has 1 fully saturated rings. The van der Waals surface area contributed by atoms with Gasteiger partial charge in [0.1, 0.15) is 0 Å². The Labute approximate surface area is 305 Å². The van der Waals surface area contributed by atoms with Gasteiger partial charge in [-0.3, -0.25) is 0 Å². The summed E-state index contributed by atoms with van der Waals surface area (Å²) in [5.74, 6) is 0. The van der Waals surface area contributed by atoms with Crippen molar-refractivity contribution in [3.8, 4) is 0 Å². The molecule has 7 rings (SSSR count). The van der Waals surface area contributed by atoms with E-state index in [1.54, 1.807) is 0 Å². The molecule has 2 nitrogen and oxygen atoms in total. The molecule has 251 valence electrons. The van der Waals surface area contributed by atoms with Gasteiger partial charge in [-0.1, -0.05) is 158 Å². The van der Waals surface area contributed by atoms with Crippen molar-refractivity contribution in [2.75, 3.05) is 0 Å². The number of benzene rings is 6. The Hall–Kier alpha value is -3.95. The van der Waals surface area contributed by atoms with E-state index in [1.807, 2.05) is 0 Å². The zero-order valence-corrected chi connectivity index (χ0v) is 30.2. The number of halogens is 1. The number of nitrogens with zero attached hydrogens (tertiary/aromatic N) is 2. The van der Waals surface area contributed by atoms with Gasteiger partial charge in [0.25, 0.3) is 0 Å². The third-order valence-corrected chi connectivity index (χ3v) is 10.0. The number of aryl methyl sites for hydroxylation is 4. The number of hydrogen-bond donors (Lipinski definition) is 0.